The minimum Gasteiger partial charge on any atom is -0.497 e. The van der Waals surface area contributed by atoms with Gasteiger partial charge in [0.05, 0.1) is 12.8 Å². The number of rotatable bonds is 4. The molecule has 6 nitrogen and oxygen atoms in total. The lowest BCUT2D eigenvalue weighted by molar-refractivity contribution is 0.0737. The highest BCUT2D eigenvalue weighted by molar-refractivity contribution is 5.92. The number of aromatic nitrogens is 2. The van der Waals surface area contributed by atoms with E-state index in [4.69, 9.17) is 10.5 Å². The Kier molecular flexibility index (Phi) is 4.34. The van der Waals surface area contributed by atoms with Crippen LogP contribution in [0.4, 0.5) is 0 Å². The molecule has 6 heteroatoms. The fourth-order valence-electron chi connectivity index (χ4n) is 3.06. The number of carbonyl (C=O) groups is 1. The van der Waals surface area contributed by atoms with Crippen molar-refractivity contribution in [3.63, 3.8) is 0 Å². The molecule has 2 atom stereocenters. The summed E-state index contributed by atoms with van der Waals surface area (Å²) in [6.45, 7) is 3.40. The molecule has 0 radical (unpaired) electrons. The molecule has 0 bridgehead atoms. The lowest BCUT2D eigenvalue weighted by Gasteiger charge is -2.20. The molecule has 2 N–H and O–H groups in total. The van der Waals surface area contributed by atoms with E-state index < -0.39 is 0 Å². The zero-order valence-electron chi connectivity index (χ0n) is 13.5. The van der Waals surface area contributed by atoms with E-state index in [-0.39, 0.29) is 11.9 Å². The second-order valence-electron chi connectivity index (χ2n) is 5.99. The molecular weight excluding hydrogens is 292 g/mol. The quantitative estimate of drug-likeness (QED) is 0.932. The van der Waals surface area contributed by atoms with Crippen LogP contribution in [0, 0.1) is 5.92 Å². The van der Waals surface area contributed by atoms with Crippen LogP contribution < -0.4 is 10.5 Å². The van der Waals surface area contributed by atoms with Crippen LogP contribution in [-0.4, -0.2) is 46.8 Å². The van der Waals surface area contributed by atoms with Gasteiger partial charge in [-0.25, -0.2) is 4.68 Å². The lowest BCUT2D eigenvalue weighted by atomic mass is 10.1. The molecule has 2 aromatic rings. The lowest BCUT2D eigenvalue weighted by Crippen LogP contribution is -2.34. The summed E-state index contributed by atoms with van der Waals surface area (Å²) in [5.41, 5.74) is 7.08. The van der Waals surface area contributed by atoms with Crippen molar-refractivity contribution in [3.8, 4) is 11.4 Å². The number of hydrogen-bond donors (Lipinski definition) is 1. The van der Waals surface area contributed by atoms with Crippen LogP contribution in [0.1, 0.15) is 23.8 Å². The number of nitrogens with zero attached hydrogens (tertiary/aromatic N) is 3. The van der Waals surface area contributed by atoms with Crippen molar-refractivity contribution in [3.05, 3.63) is 42.2 Å². The molecule has 1 aliphatic heterocycles. The first kappa shape index (κ1) is 15.6. The van der Waals surface area contributed by atoms with Gasteiger partial charge >= 0.3 is 0 Å². The summed E-state index contributed by atoms with van der Waals surface area (Å²) in [6, 6.07) is 9.52. The highest BCUT2D eigenvalue weighted by atomic mass is 16.5. The molecule has 1 fully saturated rings. The van der Waals surface area contributed by atoms with Crippen LogP contribution in [0.5, 0.6) is 5.75 Å². The van der Waals surface area contributed by atoms with Crippen LogP contribution in [0.25, 0.3) is 5.69 Å². The van der Waals surface area contributed by atoms with Gasteiger partial charge in [0.2, 0.25) is 0 Å². The molecule has 3 rings (SSSR count). The Bertz CT molecular complexity index is 680. The number of methoxy groups -OCH3 is 1. The van der Waals surface area contributed by atoms with Gasteiger partial charge in [-0.1, -0.05) is 0 Å². The zero-order valence-corrected chi connectivity index (χ0v) is 13.5. The van der Waals surface area contributed by atoms with E-state index in [1.54, 1.807) is 24.1 Å². The maximum Gasteiger partial charge on any atom is 0.274 e. The average Bonchev–Trinajstić information content (AvgIpc) is 3.21. The molecule has 0 saturated carbocycles. The monoisotopic (exact) mass is 314 g/mol. The molecule has 2 unspecified atom stereocenters. The number of ether oxygens (including phenoxy) is 1. The highest BCUT2D eigenvalue weighted by Crippen LogP contribution is 2.24. The van der Waals surface area contributed by atoms with Crippen molar-refractivity contribution in [2.24, 2.45) is 11.7 Å². The van der Waals surface area contributed by atoms with E-state index in [1.165, 1.54) is 0 Å². The second kappa shape index (κ2) is 6.42. The van der Waals surface area contributed by atoms with Gasteiger partial charge in [-0.2, -0.15) is 5.10 Å². The molecule has 1 amide bonds. The van der Waals surface area contributed by atoms with Crippen LogP contribution in [0.15, 0.2) is 36.5 Å². The predicted octanol–water partition coefficient (Wildman–Crippen LogP) is 1.69. The summed E-state index contributed by atoms with van der Waals surface area (Å²) in [5, 5.41) is 4.42. The topological polar surface area (TPSA) is 73.4 Å². The van der Waals surface area contributed by atoms with Crippen molar-refractivity contribution < 1.29 is 9.53 Å². The van der Waals surface area contributed by atoms with Gasteiger partial charge in [0.25, 0.3) is 5.91 Å². The van der Waals surface area contributed by atoms with Crippen molar-refractivity contribution >= 4 is 5.91 Å². The molecule has 1 aliphatic rings. The third-order valence-corrected chi connectivity index (χ3v) is 4.40. The van der Waals surface area contributed by atoms with Crippen LogP contribution in [-0.2, 0) is 0 Å². The van der Waals surface area contributed by atoms with Gasteiger partial charge in [0, 0.05) is 18.8 Å². The number of amides is 1. The summed E-state index contributed by atoms with van der Waals surface area (Å²) >= 11 is 0. The summed E-state index contributed by atoms with van der Waals surface area (Å²) in [6.07, 6.45) is 2.76. The number of carbonyl (C=O) groups excluding carboxylic acids is 1. The standard InChI is InChI=1S/C17H22N4O2/c1-12-9-13(10-18)11-20(12)17(22)16-7-8-21(19-16)14-3-5-15(23-2)6-4-14/h3-8,12-13H,9-11,18H2,1-2H3. The Hall–Kier alpha value is -2.34. The first-order valence-corrected chi connectivity index (χ1v) is 7.83. The van der Waals surface area contributed by atoms with Gasteiger partial charge in [-0.3, -0.25) is 4.79 Å². The van der Waals surface area contributed by atoms with Crippen molar-refractivity contribution in [2.75, 3.05) is 20.2 Å². The SMILES string of the molecule is COc1ccc(-n2ccc(C(=O)N3CC(CN)CC3C)n2)cc1. The first-order valence-electron chi connectivity index (χ1n) is 7.83. The minimum atomic E-state index is -0.0271. The number of hydrogen-bond acceptors (Lipinski definition) is 4. The van der Waals surface area contributed by atoms with E-state index in [0.29, 0.717) is 24.7 Å². The molecule has 0 spiro atoms. The Morgan fingerprint density at radius 3 is 2.70 bits per heavy atom. The van der Waals surface area contributed by atoms with Gasteiger partial charge in [-0.15, -0.1) is 0 Å². The number of likely N-dealkylation sites (tertiary alicyclic amines) is 1. The van der Waals surface area contributed by atoms with Gasteiger partial charge in [0.15, 0.2) is 5.69 Å². The molecule has 1 aromatic carbocycles. The molecule has 2 heterocycles. The fraction of sp³-hybridized carbons (Fsp3) is 0.412. The third kappa shape index (κ3) is 3.07. The highest BCUT2D eigenvalue weighted by Gasteiger charge is 2.32. The van der Waals surface area contributed by atoms with E-state index in [9.17, 15) is 4.79 Å². The number of benzene rings is 1. The zero-order chi connectivity index (χ0) is 16.4. The van der Waals surface area contributed by atoms with E-state index in [2.05, 4.69) is 12.0 Å². The van der Waals surface area contributed by atoms with E-state index >= 15 is 0 Å². The van der Waals surface area contributed by atoms with Crippen molar-refractivity contribution in [1.82, 2.24) is 14.7 Å². The van der Waals surface area contributed by atoms with Crippen molar-refractivity contribution in [2.45, 2.75) is 19.4 Å². The van der Waals surface area contributed by atoms with Crippen LogP contribution >= 0.6 is 0 Å². The molecular formula is C17H22N4O2. The van der Waals surface area contributed by atoms with Crippen LogP contribution in [0.2, 0.25) is 0 Å². The van der Waals surface area contributed by atoms with Crippen molar-refractivity contribution in [1.29, 1.82) is 0 Å². The fourth-order valence-corrected chi connectivity index (χ4v) is 3.06. The Balaban J connectivity index is 1.77. The van der Waals surface area contributed by atoms with E-state index in [1.807, 2.05) is 29.2 Å². The smallest absolute Gasteiger partial charge is 0.274 e. The predicted molar refractivity (Wildman–Crippen MR) is 87.8 cm³/mol. The Morgan fingerprint density at radius 1 is 1.35 bits per heavy atom. The van der Waals surface area contributed by atoms with Crippen LogP contribution in [0.3, 0.4) is 0 Å². The Morgan fingerprint density at radius 2 is 2.09 bits per heavy atom. The van der Waals surface area contributed by atoms with E-state index in [0.717, 1.165) is 17.9 Å². The molecule has 1 saturated heterocycles. The van der Waals surface area contributed by atoms with Gasteiger partial charge in [-0.05, 0) is 56.1 Å². The summed E-state index contributed by atoms with van der Waals surface area (Å²) in [7, 11) is 1.63. The molecule has 0 aliphatic carbocycles. The largest absolute Gasteiger partial charge is 0.497 e. The number of nitrogens with two attached hydrogens (primary N) is 1. The Labute approximate surface area is 135 Å². The normalized spacial score (nSPS) is 20.7. The third-order valence-electron chi connectivity index (χ3n) is 4.40. The maximum absolute atomic E-state index is 12.7. The molecule has 23 heavy (non-hydrogen) atoms. The molecule has 1 aromatic heterocycles. The average molecular weight is 314 g/mol. The van der Waals surface area contributed by atoms with Gasteiger partial charge < -0.3 is 15.4 Å². The molecule has 122 valence electrons. The summed E-state index contributed by atoms with van der Waals surface area (Å²) < 4.78 is 6.85. The summed E-state index contributed by atoms with van der Waals surface area (Å²) in [4.78, 5) is 14.5. The first-order chi connectivity index (χ1) is 11.1. The van der Waals surface area contributed by atoms with Gasteiger partial charge in [0.1, 0.15) is 5.75 Å². The second-order valence-corrected chi connectivity index (χ2v) is 5.99. The minimum absolute atomic E-state index is 0.0271. The summed E-state index contributed by atoms with van der Waals surface area (Å²) in [5.74, 6) is 1.15. The maximum atomic E-state index is 12.7.